The Morgan fingerprint density at radius 2 is 1.78 bits per heavy atom. The third-order valence-electron chi connectivity index (χ3n) is 4.68. The minimum Gasteiger partial charge on any atom is -0.425 e. The number of fused-ring (bicyclic) bond motifs is 1. The van der Waals surface area contributed by atoms with Crippen LogP contribution in [0.2, 0.25) is 0 Å². The normalized spacial score (nSPS) is 11.3. The molecule has 1 aromatic heterocycles. The fourth-order valence-corrected chi connectivity index (χ4v) is 3.16. The molecule has 0 saturated heterocycles. The van der Waals surface area contributed by atoms with E-state index in [0.29, 0.717) is 12.2 Å². The molecule has 0 aliphatic rings. The van der Waals surface area contributed by atoms with Gasteiger partial charge in [0.25, 0.3) is 0 Å². The smallest absolute Gasteiger partial charge is 0.311 e. The van der Waals surface area contributed by atoms with E-state index in [1.54, 1.807) is 0 Å². The number of nitrogens with zero attached hydrogens (tertiary/aromatic N) is 1. The molecule has 0 bridgehead atoms. The van der Waals surface area contributed by atoms with E-state index in [1.165, 1.54) is 32.1 Å². The number of aromatic nitrogens is 1. The van der Waals surface area contributed by atoms with Gasteiger partial charge in [0.05, 0.1) is 5.52 Å². The van der Waals surface area contributed by atoms with Crippen LogP contribution in [0.25, 0.3) is 10.9 Å². The zero-order chi connectivity index (χ0) is 19.3. The first-order valence-electron chi connectivity index (χ1n) is 10.5. The van der Waals surface area contributed by atoms with E-state index in [4.69, 9.17) is 4.74 Å². The van der Waals surface area contributed by atoms with Gasteiger partial charge >= 0.3 is 5.97 Å². The topological polar surface area (TPSA) is 39.2 Å². The highest BCUT2D eigenvalue weighted by Gasteiger charge is 2.13. The van der Waals surface area contributed by atoms with Crippen LogP contribution in [-0.4, -0.2) is 11.0 Å². The van der Waals surface area contributed by atoms with Gasteiger partial charge in [0.2, 0.25) is 0 Å². The molecule has 2 rings (SSSR count). The summed E-state index contributed by atoms with van der Waals surface area (Å²) in [4.78, 5) is 16.6. The largest absolute Gasteiger partial charge is 0.425 e. The molecular formula is C24H33NO2. The van der Waals surface area contributed by atoms with E-state index in [9.17, 15) is 4.79 Å². The third-order valence-corrected chi connectivity index (χ3v) is 4.68. The van der Waals surface area contributed by atoms with Gasteiger partial charge in [0.1, 0.15) is 5.75 Å². The van der Waals surface area contributed by atoms with Crippen LogP contribution in [0.4, 0.5) is 0 Å². The number of carbonyl (C=O) groups excluding carboxylic acids is 1. The van der Waals surface area contributed by atoms with Gasteiger partial charge in [-0.15, -0.1) is 0 Å². The number of esters is 1. The van der Waals surface area contributed by atoms with Crippen molar-refractivity contribution in [3.8, 4) is 5.75 Å². The summed E-state index contributed by atoms with van der Waals surface area (Å²) >= 11 is 0. The molecule has 3 nitrogen and oxygen atoms in total. The van der Waals surface area contributed by atoms with Crippen molar-refractivity contribution in [3.63, 3.8) is 0 Å². The Balaban J connectivity index is 1.96. The number of ether oxygens (including phenoxy) is 1. The molecule has 0 saturated carbocycles. The van der Waals surface area contributed by atoms with E-state index in [1.807, 2.05) is 37.4 Å². The fourth-order valence-electron chi connectivity index (χ4n) is 3.16. The molecule has 0 unspecified atom stereocenters. The second-order valence-electron chi connectivity index (χ2n) is 7.07. The van der Waals surface area contributed by atoms with Crippen LogP contribution in [0.1, 0.15) is 77.2 Å². The number of unbranched alkanes of at least 4 members (excludes halogenated alkanes) is 5. The average molecular weight is 368 g/mol. The van der Waals surface area contributed by atoms with Crippen molar-refractivity contribution in [3.05, 3.63) is 48.2 Å². The molecule has 1 heterocycles. The van der Waals surface area contributed by atoms with E-state index in [-0.39, 0.29) is 5.97 Å². The first-order valence-corrected chi connectivity index (χ1v) is 10.5. The zero-order valence-electron chi connectivity index (χ0n) is 16.9. The van der Waals surface area contributed by atoms with Gasteiger partial charge < -0.3 is 4.74 Å². The van der Waals surface area contributed by atoms with E-state index in [2.05, 4.69) is 24.1 Å². The minimum absolute atomic E-state index is 0.165. The van der Waals surface area contributed by atoms with Crippen molar-refractivity contribution in [2.24, 2.45) is 0 Å². The van der Waals surface area contributed by atoms with Gasteiger partial charge in [0, 0.05) is 23.6 Å². The molecule has 0 amide bonds. The Bertz CT molecular complexity index is 736. The number of rotatable bonds is 12. The number of hydrogen-bond donors (Lipinski definition) is 0. The molecule has 2 aromatic rings. The van der Waals surface area contributed by atoms with E-state index >= 15 is 0 Å². The maximum absolute atomic E-state index is 12.1. The molecule has 0 N–H and O–H groups in total. The van der Waals surface area contributed by atoms with Crippen LogP contribution in [0, 0.1) is 0 Å². The highest BCUT2D eigenvalue weighted by Crippen LogP contribution is 2.30. The van der Waals surface area contributed by atoms with Gasteiger partial charge in [0.15, 0.2) is 0 Å². The summed E-state index contributed by atoms with van der Waals surface area (Å²) in [5, 5.41) is 0.922. The lowest BCUT2D eigenvalue weighted by Gasteiger charge is -2.12. The summed E-state index contributed by atoms with van der Waals surface area (Å²) in [5.74, 6) is 0.532. The van der Waals surface area contributed by atoms with Crippen molar-refractivity contribution < 1.29 is 9.53 Å². The quantitative estimate of drug-likeness (QED) is 0.235. The number of aryl methyl sites for hydroxylation is 1. The van der Waals surface area contributed by atoms with Crippen molar-refractivity contribution in [1.29, 1.82) is 0 Å². The molecule has 0 atom stereocenters. The summed E-state index contributed by atoms with van der Waals surface area (Å²) in [6.45, 7) is 4.23. The van der Waals surface area contributed by atoms with Crippen LogP contribution in [0.15, 0.2) is 42.6 Å². The highest BCUT2D eigenvalue weighted by molar-refractivity contribution is 5.88. The monoisotopic (exact) mass is 367 g/mol. The standard InChI is InChI=1S/C24H33NO2/c1-3-5-6-7-8-9-10-11-12-16-20-19-25-22-18-14-13-17-21(22)24(20)27-23(26)15-4-2/h9-10,13-14,17-19H,3-8,11-12,15-16H2,1-2H3. The summed E-state index contributed by atoms with van der Waals surface area (Å²) in [7, 11) is 0. The molecule has 3 heteroatoms. The van der Waals surface area contributed by atoms with Crippen molar-refractivity contribution in [1.82, 2.24) is 4.98 Å². The number of hydrogen-bond acceptors (Lipinski definition) is 3. The lowest BCUT2D eigenvalue weighted by Crippen LogP contribution is -2.09. The van der Waals surface area contributed by atoms with Crippen molar-refractivity contribution in [2.45, 2.75) is 78.1 Å². The van der Waals surface area contributed by atoms with E-state index < -0.39 is 0 Å². The maximum Gasteiger partial charge on any atom is 0.311 e. The summed E-state index contributed by atoms with van der Waals surface area (Å²) in [6, 6.07) is 7.86. The Morgan fingerprint density at radius 3 is 2.56 bits per heavy atom. The second kappa shape index (κ2) is 12.3. The third kappa shape index (κ3) is 7.16. The average Bonchev–Trinajstić information content (AvgIpc) is 2.68. The van der Waals surface area contributed by atoms with Crippen molar-refractivity contribution >= 4 is 16.9 Å². The number of benzene rings is 1. The van der Waals surface area contributed by atoms with Crippen LogP contribution < -0.4 is 4.74 Å². The molecular weight excluding hydrogens is 334 g/mol. The number of allylic oxidation sites excluding steroid dienone is 2. The first kappa shape index (κ1) is 21.1. The predicted octanol–water partition coefficient (Wildman–Crippen LogP) is 6.79. The number of pyridine rings is 1. The summed E-state index contributed by atoms with van der Waals surface area (Å²) < 4.78 is 5.74. The zero-order valence-corrected chi connectivity index (χ0v) is 16.9. The Kier molecular flexibility index (Phi) is 9.61. The molecule has 0 aliphatic heterocycles. The molecule has 27 heavy (non-hydrogen) atoms. The van der Waals surface area contributed by atoms with Crippen LogP contribution in [0.3, 0.4) is 0 Å². The molecule has 0 aliphatic carbocycles. The van der Waals surface area contributed by atoms with E-state index in [0.717, 1.165) is 42.1 Å². The van der Waals surface area contributed by atoms with Crippen LogP contribution in [0.5, 0.6) is 5.75 Å². The Labute approximate surface area is 163 Å². The Morgan fingerprint density at radius 1 is 1.00 bits per heavy atom. The molecule has 1 aromatic carbocycles. The minimum atomic E-state index is -0.165. The van der Waals surface area contributed by atoms with Crippen LogP contribution >= 0.6 is 0 Å². The fraction of sp³-hybridized carbons (Fsp3) is 0.500. The summed E-state index contributed by atoms with van der Waals surface area (Å²) in [6.07, 6.45) is 17.0. The predicted molar refractivity (Wildman–Crippen MR) is 113 cm³/mol. The van der Waals surface area contributed by atoms with Gasteiger partial charge in [-0.3, -0.25) is 9.78 Å². The maximum atomic E-state index is 12.1. The first-order chi connectivity index (χ1) is 13.3. The van der Waals surface area contributed by atoms with Gasteiger partial charge in [-0.25, -0.2) is 0 Å². The lowest BCUT2D eigenvalue weighted by atomic mass is 10.1. The highest BCUT2D eigenvalue weighted by atomic mass is 16.5. The lowest BCUT2D eigenvalue weighted by molar-refractivity contribution is -0.134. The molecule has 0 radical (unpaired) electrons. The summed E-state index contributed by atoms with van der Waals surface area (Å²) in [5.41, 5.74) is 1.89. The second-order valence-corrected chi connectivity index (χ2v) is 7.07. The Hall–Kier alpha value is -2.16. The number of carbonyl (C=O) groups is 1. The molecule has 0 spiro atoms. The van der Waals surface area contributed by atoms with Gasteiger partial charge in [-0.05, 0) is 50.7 Å². The van der Waals surface area contributed by atoms with Gasteiger partial charge in [-0.2, -0.15) is 0 Å². The van der Waals surface area contributed by atoms with Crippen LogP contribution in [-0.2, 0) is 11.2 Å². The van der Waals surface area contributed by atoms with Gasteiger partial charge in [-0.1, -0.05) is 57.4 Å². The molecule has 146 valence electrons. The molecule has 0 fully saturated rings. The number of para-hydroxylation sites is 1. The van der Waals surface area contributed by atoms with Crippen molar-refractivity contribution in [2.75, 3.05) is 0 Å². The SMILES string of the molecule is CCCCCCC=CCCCc1cnc2ccccc2c1OC(=O)CCC.